The maximum absolute atomic E-state index is 11.1. The molecule has 5 heteroatoms. The summed E-state index contributed by atoms with van der Waals surface area (Å²) in [6, 6.07) is 13.5. The van der Waals surface area contributed by atoms with E-state index < -0.39 is 5.97 Å². The highest BCUT2D eigenvalue weighted by Crippen LogP contribution is 2.20. The summed E-state index contributed by atoms with van der Waals surface area (Å²) in [5.41, 5.74) is 4.82. The molecule has 0 aliphatic carbocycles. The molecule has 1 fully saturated rings. The number of anilines is 1. The van der Waals surface area contributed by atoms with Crippen LogP contribution in [0.1, 0.15) is 27.0 Å². The first kappa shape index (κ1) is 17.5. The van der Waals surface area contributed by atoms with Crippen molar-refractivity contribution in [3.8, 4) is 0 Å². The lowest BCUT2D eigenvalue weighted by molar-refractivity contribution is 0.0342. The summed E-state index contributed by atoms with van der Waals surface area (Å²) in [5.74, 6) is -0.898. The molecule has 1 heterocycles. The van der Waals surface area contributed by atoms with Gasteiger partial charge in [0.1, 0.15) is 0 Å². The van der Waals surface area contributed by atoms with E-state index in [0.717, 1.165) is 44.1 Å². The Labute approximate surface area is 148 Å². The van der Waals surface area contributed by atoms with Crippen molar-refractivity contribution in [2.75, 3.05) is 31.6 Å². The van der Waals surface area contributed by atoms with Crippen molar-refractivity contribution in [2.24, 2.45) is 0 Å². The number of rotatable bonds is 6. The van der Waals surface area contributed by atoms with Gasteiger partial charge in [0, 0.05) is 31.9 Å². The smallest absolute Gasteiger partial charge is 0.335 e. The summed E-state index contributed by atoms with van der Waals surface area (Å²) >= 11 is 0. The maximum Gasteiger partial charge on any atom is 0.335 e. The third kappa shape index (κ3) is 4.81. The highest BCUT2D eigenvalue weighted by atomic mass is 16.5. The Morgan fingerprint density at radius 3 is 2.72 bits per heavy atom. The number of hydrogen-bond donors (Lipinski definition) is 2. The van der Waals surface area contributed by atoms with E-state index in [-0.39, 0.29) is 0 Å². The topological polar surface area (TPSA) is 61.8 Å². The van der Waals surface area contributed by atoms with E-state index in [2.05, 4.69) is 35.3 Å². The zero-order valence-corrected chi connectivity index (χ0v) is 14.5. The highest BCUT2D eigenvalue weighted by Gasteiger charge is 2.11. The Kier molecular flexibility index (Phi) is 5.68. The highest BCUT2D eigenvalue weighted by molar-refractivity contribution is 5.87. The van der Waals surface area contributed by atoms with Crippen molar-refractivity contribution >= 4 is 11.7 Å². The number of carboxylic acid groups (broad SMARTS) is 1. The quantitative estimate of drug-likeness (QED) is 0.846. The molecule has 0 radical (unpaired) electrons. The van der Waals surface area contributed by atoms with Gasteiger partial charge in [0.05, 0.1) is 18.8 Å². The van der Waals surface area contributed by atoms with Crippen LogP contribution in [0, 0.1) is 6.92 Å². The molecular weight excluding hydrogens is 316 g/mol. The second-order valence-corrected chi connectivity index (χ2v) is 6.40. The average molecular weight is 340 g/mol. The minimum atomic E-state index is -0.898. The van der Waals surface area contributed by atoms with E-state index in [4.69, 9.17) is 9.84 Å². The number of morpholine rings is 1. The van der Waals surface area contributed by atoms with Gasteiger partial charge in [-0.25, -0.2) is 4.79 Å². The first-order valence-corrected chi connectivity index (χ1v) is 8.57. The van der Waals surface area contributed by atoms with E-state index in [9.17, 15) is 4.79 Å². The van der Waals surface area contributed by atoms with E-state index >= 15 is 0 Å². The molecule has 0 saturated carbocycles. The SMILES string of the molecule is Cc1ccc(CN2CCOCC2)cc1NCc1cccc(C(=O)O)c1. The Morgan fingerprint density at radius 2 is 1.96 bits per heavy atom. The van der Waals surface area contributed by atoms with Crippen LogP contribution in [0.25, 0.3) is 0 Å². The largest absolute Gasteiger partial charge is 0.478 e. The molecule has 2 aromatic rings. The normalized spacial score (nSPS) is 15.1. The lowest BCUT2D eigenvalue weighted by Crippen LogP contribution is -2.35. The number of aryl methyl sites for hydroxylation is 1. The van der Waals surface area contributed by atoms with Gasteiger partial charge in [-0.05, 0) is 41.8 Å². The molecule has 0 unspecified atom stereocenters. The Hall–Kier alpha value is -2.37. The number of carboxylic acids is 1. The summed E-state index contributed by atoms with van der Waals surface area (Å²) in [6.45, 7) is 7.15. The van der Waals surface area contributed by atoms with Crippen molar-refractivity contribution < 1.29 is 14.6 Å². The van der Waals surface area contributed by atoms with Gasteiger partial charge in [-0.1, -0.05) is 24.3 Å². The summed E-state index contributed by atoms with van der Waals surface area (Å²) in [5, 5.41) is 12.5. The maximum atomic E-state index is 11.1. The van der Waals surface area contributed by atoms with Crippen LogP contribution in [-0.2, 0) is 17.8 Å². The van der Waals surface area contributed by atoms with Gasteiger partial charge < -0.3 is 15.2 Å². The fraction of sp³-hybridized carbons (Fsp3) is 0.350. The van der Waals surface area contributed by atoms with Crippen LogP contribution in [-0.4, -0.2) is 42.3 Å². The number of nitrogens with zero attached hydrogens (tertiary/aromatic N) is 1. The molecule has 25 heavy (non-hydrogen) atoms. The summed E-state index contributed by atoms with van der Waals surface area (Å²) in [6.07, 6.45) is 0. The van der Waals surface area contributed by atoms with Crippen molar-refractivity contribution in [3.05, 3.63) is 64.7 Å². The fourth-order valence-electron chi connectivity index (χ4n) is 2.99. The van der Waals surface area contributed by atoms with Crippen LogP contribution >= 0.6 is 0 Å². The molecule has 1 saturated heterocycles. The molecule has 0 bridgehead atoms. The number of nitrogens with one attached hydrogen (secondary N) is 1. The molecule has 2 aromatic carbocycles. The molecule has 0 amide bonds. The van der Waals surface area contributed by atoms with Crippen LogP contribution < -0.4 is 5.32 Å². The second kappa shape index (κ2) is 8.14. The predicted octanol–water partition coefficient (Wildman–Crippen LogP) is 3.14. The summed E-state index contributed by atoms with van der Waals surface area (Å²) < 4.78 is 5.40. The van der Waals surface area contributed by atoms with Gasteiger partial charge in [-0.3, -0.25) is 4.90 Å². The Morgan fingerprint density at radius 1 is 1.16 bits per heavy atom. The van der Waals surface area contributed by atoms with Crippen molar-refractivity contribution in [2.45, 2.75) is 20.0 Å². The molecule has 3 rings (SSSR count). The molecule has 1 aliphatic heterocycles. The van der Waals surface area contributed by atoms with Crippen molar-refractivity contribution in [1.82, 2.24) is 4.90 Å². The number of aromatic carboxylic acids is 1. The van der Waals surface area contributed by atoms with E-state index in [1.807, 2.05) is 6.07 Å². The predicted molar refractivity (Wildman–Crippen MR) is 98.0 cm³/mol. The van der Waals surface area contributed by atoms with Crippen LogP contribution in [0.4, 0.5) is 5.69 Å². The zero-order chi connectivity index (χ0) is 17.6. The zero-order valence-electron chi connectivity index (χ0n) is 14.5. The van der Waals surface area contributed by atoms with Crippen LogP contribution in [0.2, 0.25) is 0 Å². The van der Waals surface area contributed by atoms with Gasteiger partial charge in [0.2, 0.25) is 0 Å². The van der Waals surface area contributed by atoms with Gasteiger partial charge in [-0.2, -0.15) is 0 Å². The monoisotopic (exact) mass is 340 g/mol. The number of ether oxygens (including phenoxy) is 1. The van der Waals surface area contributed by atoms with Crippen molar-refractivity contribution in [3.63, 3.8) is 0 Å². The van der Waals surface area contributed by atoms with Crippen LogP contribution in [0.3, 0.4) is 0 Å². The molecule has 0 spiro atoms. The third-order valence-corrected chi connectivity index (χ3v) is 4.47. The van der Waals surface area contributed by atoms with E-state index in [1.54, 1.807) is 18.2 Å². The minimum Gasteiger partial charge on any atom is -0.478 e. The second-order valence-electron chi connectivity index (χ2n) is 6.40. The lowest BCUT2D eigenvalue weighted by Gasteiger charge is -2.26. The van der Waals surface area contributed by atoms with Crippen LogP contribution in [0.5, 0.6) is 0 Å². The van der Waals surface area contributed by atoms with Crippen molar-refractivity contribution in [1.29, 1.82) is 0 Å². The number of benzene rings is 2. The molecule has 0 aromatic heterocycles. The number of hydrogen-bond acceptors (Lipinski definition) is 4. The van der Waals surface area contributed by atoms with Gasteiger partial charge in [0.15, 0.2) is 0 Å². The first-order valence-electron chi connectivity index (χ1n) is 8.57. The van der Waals surface area contributed by atoms with Gasteiger partial charge >= 0.3 is 5.97 Å². The van der Waals surface area contributed by atoms with Crippen LogP contribution in [0.15, 0.2) is 42.5 Å². The Balaban J connectivity index is 1.66. The fourth-order valence-corrected chi connectivity index (χ4v) is 2.99. The minimum absolute atomic E-state index is 0.317. The first-order chi connectivity index (χ1) is 12.1. The van der Waals surface area contributed by atoms with E-state index in [1.165, 1.54) is 11.1 Å². The summed E-state index contributed by atoms with van der Waals surface area (Å²) in [4.78, 5) is 13.5. The lowest BCUT2D eigenvalue weighted by atomic mass is 10.1. The molecular formula is C20H24N2O3. The summed E-state index contributed by atoms with van der Waals surface area (Å²) in [7, 11) is 0. The molecule has 0 atom stereocenters. The average Bonchev–Trinajstić information content (AvgIpc) is 2.63. The Bertz CT molecular complexity index is 739. The van der Waals surface area contributed by atoms with Gasteiger partial charge in [-0.15, -0.1) is 0 Å². The van der Waals surface area contributed by atoms with E-state index in [0.29, 0.717) is 12.1 Å². The number of carbonyl (C=O) groups is 1. The molecule has 2 N–H and O–H groups in total. The molecule has 5 nitrogen and oxygen atoms in total. The molecule has 132 valence electrons. The molecule has 1 aliphatic rings. The third-order valence-electron chi connectivity index (χ3n) is 4.47. The standard InChI is InChI=1S/C20H24N2O3/c1-15-5-6-17(14-22-7-9-25-10-8-22)12-19(15)21-13-16-3-2-4-18(11-16)20(23)24/h2-6,11-12,21H,7-10,13-14H2,1H3,(H,23,24). The van der Waals surface area contributed by atoms with Gasteiger partial charge in [0.25, 0.3) is 0 Å².